The van der Waals surface area contributed by atoms with Gasteiger partial charge in [0, 0.05) is 6.54 Å². The minimum absolute atomic E-state index is 0.0806. The van der Waals surface area contributed by atoms with E-state index in [1.807, 2.05) is 0 Å². The molecular weight excluding hydrogens is 350 g/mol. The molecule has 1 aliphatic heterocycles. The van der Waals surface area contributed by atoms with E-state index in [-0.39, 0.29) is 30.9 Å². The Morgan fingerprint density at radius 3 is 2.26 bits per heavy atom. The van der Waals surface area contributed by atoms with Crippen LogP contribution in [0.25, 0.3) is 0 Å². The van der Waals surface area contributed by atoms with Gasteiger partial charge in [-0.3, -0.25) is 19.3 Å². The molecule has 1 aliphatic rings. The normalized spacial score (nSPS) is 12.7. The van der Waals surface area contributed by atoms with Crippen LogP contribution in [0.15, 0.2) is 48.5 Å². The number of ether oxygens (including phenoxy) is 2. The molecule has 0 saturated heterocycles. The van der Waals surface area contributed by atoms with Gasteiger partial charge in [0.25, 0.3) is 11.8 Å². The second-order valence-electron chi connectivity index (χ2n) is 5.78. The Hall–Kier alpha value is -3.48. The van der Waals surface area contributed by atoms with E-state index in [0.717, 1.165) is 4.90 Å². The van der Waals surface area contributed by atoms with Crippen molar-refractivity contribution in [2.75, 3.05) is 13.2 Å². The molecule has 0 aliphatic carbocycles. The molecule has 2 amide bonds. The third kappa shape index (κ3) is 3.87. The number of carbonyl (C=O) groups excluding carboxylic acids is 4. The predicted molar refractivity (Wildman–Crippen MR) is 94.5 cm³/mol. The quantitative estimate of drug-likeness (QED) is 0.443. The molecule has 0 saturated carbocycles. The lowest BCUT2D eigenvalue weighted by Crippen LogP contribution is -2.32. The number of esters is 2. The molecule has 27 heavy (non-hydrogen) atoms. The molecule has 0 unspecified atom stereocenters. The molecule has 3 rings (SSSR count). The van der Waals surface area contributed by atoms with Crippen LogP contribution in [0.3, 0.4) is 0 Å². The van der Waals surface area contributed by atoms with Gasteiger partial charge >= 0.3 is 11.9 Å². The van der Waals surface area contributed by atoms with Crippen LogP contribution in [-0.2, 0) is 9.53 Å². The van der Waals surface area contributed by atoms with Crippen LogP contribution in [0, 0.1) is 0 Å². The van der Waals surface area contributed by atoms with Crippen molar-refractivity contribution in [3.8, 4) is 5.75 Å². The zero-order valence-electron chi connectivity index (χ0n) is 14.6. The number of nitrogens with zero attached hydrogens (tertiary/aromatic N) is 1. The number of imide groups is 1. The van der Waals surface area contributed by atoms with Gasteiger partial charge in [0.05, 0.1) is 29.7 Å². The zero-order chi connectivity index (χ0) is 19.4. The van der Waals surface area contributed by atoms with Crippen molar-refractivity contribution in [1.29, 1.82) is 0 Å². The van der Waals surface area contributed by atoms with Crippen molar-refractivity contribution in [3.05, 3.63) is 65.2 Å². The van der Waals surface area contributed by atoms with Crippen molar-refractivity contribution in [2.45, 2.75) is 13.3 Å². The second-order valence-corrected chi connectivity index (χ2v) is 5.78. The van der Waals surface area contributed by atoms with E-state index in [4.69, 9.17) is 9.47 Å². The number of carbonyl (C=O) groups is 4. The molecule has 0 radical (unpaired) electrons. The van der Waals surface area contributed by atoms with Crippen LogP contribution in [0.1, 0.15) is 44.4 Å². The fourth-order valence-electron chi connectivity index (χ4n) is 2.73. The first-order valence-corrected chi connectivity index (χ1v) is 8.44. The highest BCUT2D eigenvalue weighted by atomic mass is 16.5. The third-order valence-electron chi connectivity index (χ3n) is 3.99. The monoisotopic (exact) mass is 367 g/mol. The number of hydrogen-bond donors (Lipinski definition) is 0. The fourth-order valence-corrected chi connectivity index (χ4v) is 2.73. The Kier molecular flexibility index (Phi) is 5.30. The molecule has 2 aromatic rings. The van der Waals surface area contributed by atoms with Gasteiger partial charge in [0.1, 0.15) is 5.75 Å². The summed E-state index contributed by atoms with van der Waals surface area (Å²) in [6.07, 6.45) is -0.158. The minimum atomic E-state index is -0.618. The van der Waals surface area contributed by atoms with Gasteiger partial charge in [-0.15, -0.1) is 0 Å². The average Bonchev–Trinajstić information content (AvgIpc) is 2.91. The maximum absolute atomic E-state index is 12.3. The highest BCUT2D eigenvalue weighted by Gasteiger charge is 2.35. The van der Waals surface area contributed by atoms with Gasteiger partial charge in [-0.2, -0.15) is 0 Å². The first-order chi connectivity index (χ1) is 13.0. The molecule has 0 fully saturated rings. The van der Waals surface area contributed by atoms with Crippen LogP contribution in [0.4, 0.5) is 0 Å². The first kappa shape index (κ1) is 18.3. The van der Waals surface area contributed by atoms with E-state index in [0.29, 0.717) is 11.1 Å². The molecule has 138 valence electrons. The van der Waals surface area contributed by atoms with Gasteiger partial charge < -0.3 is 9.47 Å². The summed E-state index contributed by atoms with van der Waals surface area (Å²) in [5.41, 5.74) is 0.929. The van der Waals surface area contributed by atoms with Gasteiger partial charge in [-0.05, 0) is 37.3 Å². The molecule has 0 spiro atoms. The number of benzene rings is 2. The highest BCUT2D eigenvalue weighted by Crippen LogP contribution is 2.22. The van der Waals surface area contributed by atoms with Crippen molar-refractivity contribution >= 4 is 23.8 Å². The van der Waals surface area contributed by atoms with E-state index >= 15 is 0 Å². The minimum Gasteiger partial charge on any atom is -0.462 e. The molecule has 0 N–H and O–H groups in total. The maximum Gasteiger partial charge on any atom is 0.338 e. The maximum atomic E-state index is 12.3. The van der Waals surface area contributed by atoms with E-state index in [1.54, 1.807) is 43.3 Å². The van der Waals surface area contributed by atoms with Crippen molar-refractivity contribution < 1.29 is 28.7 Å². The summed E-state index contributed by atoms with van der Waals surface area (Å²) >= 11 is 0. The summed E-state index contributed by atoms with van der Waals surface area (Å²) in [6, 6.07) is 12.6. The fraction of sp³-hybridized carbons (Fsp3) is 0.200. The molecule has 1 heterocycles. The topological polar surface area (TPSA) is 90.0 Å². The number of hydrogen-bond acceptors (Lipinski definition) is 6. The Bertz CT molecular complexity index is 885. The number of fused-ring (bicyclic) bond motifs is 1. The molecule has 0 aromatic heterocycles. The van der Waals surface area contributed by atoms with Crippen LogP contribution in [0.5, 0.6) is 5.75 Å². The number of rotatable bonds is 6. The van der Waals surface area contributed by atoms with Crippen LogP contribution >= 0.6 is 0 Å². The summed E-state index contributed by atoms with van der Waals surface area (Å²) in [6.45, 7) is 1.85. The van der Waals surface area contributed by atoms with Crippen molar-refractivity contribution in [2.24, 2.45) is 0 Å². The summed E-state index contributed by atoms with van der Waals surface area (Å²) in [4.78, 5) is 49.3. The van der Waals surface area contributed by atoms with Crippen LogP contribution < -0.4 is 4.74 Å². The summed E-state index contributed by atoms with van der Waals surface area (Å²) < 4.78 is 10.1. The Morgan fingerprint density at radius 1 is 0.963 bits per heavy atom. The summed E-state index contributed by atoms with van der Waals surface area (Å²) in [5, 5.41) is 0. The van der Waals surface area contributed by atoms with Gasteiger partial charge in [-0.1, -0.05) is 18.2 Å². The van der Waals surface area contributed by atoms with Crippen molar-refractivity contribution in [1.82, 2.24) is 4.90 Å². The summed E-state index contributed by atoms with van der Waals surface area (Å²) in [7, 11) is 0. The largest absolute Gasteiger partial charge is 0.462 e. The van der Waals surface area contributed by atoms with E-state index in [9.17, 15) is 19.2 Å². The molecule has 7 nitrogen and oxygen atoms in total. The molecule has 0 atom stereocenters. The average molecular weight is 367 g/mol. The molecular formula is C20H17NO6. The Labute approximate surface area is 155 Å². The van der Waals surface area contributed by atoms with Crippen LogP contribution in [-0.4, -0.2) is 41.8 Å². The van der Waals surface area contributed by atoms with E-state index in [2.05, 4.69) is 0 Å². The van der Waals surface area contributed by atoms with Gasteiger partial charge in [-0.25, -0.2) is 4.79 Å². The lowest BCUT2D eigenvalue weighted by atomic mass is 10.1. The van der Waals surface area contributed by atoms with E-state index in [1.165, 1.54) is 12.1 Å². The smallest absolute Gasteiger partial charge is 0.338 e. The molecule has 7 heteroatoms. The SMILES string of the molecule is CCOC(=O)c1cccc(OC(=O)CCN2C(=O)c3ccccc3C2=O)c1. The zero-order valence-corrected chi connectivity index (χ0v) is 14.6. The highest BCUT2D eigenvalue weighted by molar-refractivity contribution is 6.21. The second kappa shape index (κ2) is 7.82. The lowest BCUT2D eigenvalue weighted by molar-refractivity contribution is -0.134. The van der Waals surface area contributed by atoms with E-state index < -0.39 is 23.8 Å². The van der Waals surface area contributed by atoms with Crippen LogP contribution in [0.2, 0.25) is 0 Å². The Balaban J connectivity index is 1.60. The molecule has 0 bridgehead atoms. The number of amides is 2. The van der Waals surface area contributed by atoms with Gasteiger partial charge in [0.2, 0.25) is 0 Å². The van der Waals surface area contributed by atoms with Crippen molar-refractivity contribution in [3.63, 3.8) is 0 Å². The predicted octanol–water partition coefficient (Wildman–Crippen LogP) is 2.46. The lowest BCUT2D eigenvalue weighted by Gasteiger charge is -2.13. The Morgan fingerprint density at radius 2 is 1.63 bits per heavy atom. The van der Waals surface area contributed by atoms with Gasteiger partial charge in [0.15, 0.2) is 0 Å². The molecule has 2 aromatic carbocycles. The first-order valence-electron chi connectivity index (χ1n) is 8.44. The standard InChI is InChI=1S/C20H17NO6/c1-2-26-20(25)13-6-5-7-14(12-13)27-17(22)10-11-21-18(23)15-8-3-4-9-16(15)19(21)24/h3-9,12H,2,10-11H2,1H3. The summed E-state index contributed by atoms with van der Waals surface area (Å²) in [5.74, 6) is -1.79. The third-order valence-corrected chi connectivity index (χ3v) is 3.99.